The molecule has 0 fully saturated rings. The number of hydrogen-bond donors (Lipinski definition) is 0. The van der Waals surface area contributed by atoms with Crippen LogP contribution in [-0.2, 0) is 4.74 Å². The van der Waals surface area contributed by atoms with Crippen LogP contribution in [0.4, 0.5) is 13.2 Å². The minimum absolute atomic E-state index is 0.00549. The van der Waals surface area contributed by atoms with Crippen LogP contribution in [0.25, 0.3) is 0 Å². The van der Waals surface area contributed by atoms with Gasteiger partial charge in [-0.3, -0.25) is 0 Å². The van der Waals surface area contributed by atoms with Gasteiger partial charge in [-0.2, -0.15) is 13.2 Å². The predicted octanol–water partition coefficient (Wildman–Crippen LogP) is 4.91. The predicted molar refractivity (Wildman–Crippen MR) is 86.5 cm³/mol. The van der Waals surface area contributed by atoms with Crippen LogP contribution in [0.2, 0.25) is 5.02 Å². The fraction of sp³-hybridized carbons (Fsp3) is 0.353. The summed E-state index contributed by atoms with van der Waals surface area (Å²) in [5, 5.41) is 0.334. The van der Waals surface area contributed by atoms with Crippen LogP contribution in [-0.4, -0.2) is 28.7 Å². The second-order valence-corrected chi connectivity index (χ2v) is 6.24. The van der Waals surface area contributed by atoms with E-state index in [1.165, 1.54) is 12.4 Å². The van der Waals surface area contributed by atoms with Gasteiger partial charge in [0.1, 0.15) is 5.75 Å². The fourth-order valence-corrected chi connectivity index (χ4v) is 2.90. The first-order valence-electron chi connectivity index (χ1n) is 7.85. The van der Waals surface area contributed by atoms with Crippen molar-refractivity contribution in [1.82, 2.24) is 9.97 Å². The lowest BCUT2D eigenvalue weighted by atomic mass is 9.88. The first-order chi connectivity index (χ1) is 12.3. The molecule has 1 aromatic heterocycles. The first-order valence-corrected chi connectivity index (χ1v) is 8.23. The van der Waals surface area contributed by atoms with Gasteiger partial charge in [0, 0.05) is 17.9 Å². The number of halogens is 4. The molecule has 0 saturated carbocycles. The second kappa shape index (κ2) is 7.49. The van der Waals surface area contributed by atoms with Gasteiger partial charge in [0.25, 0.3) is 0 Å². The van der Waals surface area contributed by atoms with Gasteiger partial charge in [-0.25, -0.2) is 14.8 Å². The standard InChI is InChI=1S/C17H14ClF3N2O3/c18-11-7-22-16(23-8-11)26-13-5-1-4-12-14(13)10(9-25-15(12)24)3-2-6-17(19,20)21/h1,4-5,7-8,10H,2-3,6,9H2. The van der Waals surface area contributed by atoms with Crippen molar-refractivity contribution in [2.45, 2.75) is 31.4 Å². The summed E-state index contributed by atoms with van der Waals surface area (Å²) < 4.78 is 48.0. The number of esters is 1. The Bertz CT molecular complexity index is 797. The number of hydrogen-bond acceptors (Lipinski definition) is 5. The van der Waals surface area contributed by atoms with Crippen LogP contribution < -0.4 is 4.74 Å². The quantitative estimate of drug-likeness (QED) is 0.683. The molecule has 26 heavy (non-hydrogen) atoms. The third-order valence-electron chi connectivity index (χ3n) is 3.92. The maximum Gasteiger partial charge on any atom is 0.389 e. The molecule has 0 saturated heterocycles. The molecule has 1 aliphatic heterocycles. The lowest BCUT2D eigenvalue weighted by Gasteiger charge is -2.26. The number of aromatic nitrogens is 2. The Morgan fingerprint density at radius 3 is 2.69 bits per heavy atom. The molecule has 1 aromatic carbocycles. The van der Waals surface area contributed by atoms with Crippen LogP contribution in [0.5, 0.6) is 11.8 Å². The third kappa shape index (κ3) is 4.43. The third-order valence-corrected chi connectivity index (χ3v) is 4.12. The fourth-order valence-electron chi connectivity index (χ4n) is 2.80. The number of benzene rings is 1. The first kappa shape index (κ1) is 18.4. The molecule has 5 nitrogen and oxygen atoms in total. The average Bonchev–Trinajstić information content (AvgIpc) is 2.58. The molecule has 0 bridgehead atoms. The molecule has 0 spiro atoms. The Morgan fingerprint density at radius 1 is 1.27 bits per heavy atom. The van der Waals surface area contributed by atoms with Gasteiger partial charge in [0.2, 0.25) is 0 Å². The van der Waals surface area contributed by atoms with Crippen molar-refractivity contribution in [3.8, 4) is 11.8 Å². The topological polar surface area (TPSA) is 61.3 Å². The zero-order chi connectivity index (χ0) is 18.7. The summed E-state index contributed by atoms with van der Waals surface area (Å²) in [4.78, 5) is 19.9. The molecule has 138 valence electrons. The smallest absolute Gasteiger partial charge is 0.389 e. The summed E-state index contributed by atoms with van der Waals surface area (Å²) in [6, 6.07) is 4.80. The number of ether oxygens (including phenoxy) is 2. The number of alkyl halides is 3. The normalized spacial score (nSPS) is 16.8. The van der Waals surface area contributed by atoms with Crippen molar-refractivity contribution >= 4 is 17.6 Å². The number of carbonyl (C=O) groups excluding carboxylic acids is 1. The molecule has 1 atom stereocenters. The van der Waals surface area contributed by atoms with E-state index in [0.717, 1.165) is 0 Å². The lowest BCUT2D eigenvalue weighted by molar-refractivity contribution is -0.136. The maximum atomic E-state index is 12.4. The average molecular weight is 387 g/mol. The van der Waals surface area contributed by atoms with Crippen LogP contribution in [0.15, 0.2) is 30.6 Å². The lowest BCUT2D eigenvalue weighted by Crippen LogP contribution is -2.23. The van der Waals surface area contributed by atoms with Crippen molar-refractivity contribution in [2.24, 2.45) is 0 Å². The Hall–Kier alpha value is -2.35. The highest BCUT2D eigenvalue weighted by molar-refractivity contribution is 6.30. The van der Waals surface area contributed by atoms with E-state index in [2.05, 4.69) is 9.97 Å². The number of carbonyl (C=O) groups is 1. The van der Waals surface area contributed by atoms with Crippen molar-refractivity contribution in [3.63, 3.8) is 0 Å². The van der Waals surface area contributed by atoms with E-state index in [0.29, 0.717) is 16.3 Å². The number of fused-ring (bicyclic) bond motifs is 1. The van der Waals surface area contributed by atoms with E-state index < -0.39 is 24.5 Å². The highest BCUT2D eigenvalue weighted by atomic mass is 35.5. The maximum absolute atomic E-state index is 12.4. The summed E-state index contributed by atoms with van der Waals surface area (Å²) in [6.45, 7) is 0.00549. The summed E-state index contributed by atoms with van der Waals surface area (Å²) in [7, 11) is 0. The summed E-state index contributed by atoms with van der Waals surface area (Å²) in [5.41, 5.74) is 0.796. The van der Waals surface area contributed by atoms with E-state index in [-0.39, 0.29) is 31.0 Å². The van der Waals surface area contributed by atoms with Crippen molar-refractivity contribution in [1.29, 1.82) is 0 Å². The summed E-state index contributed by atoms with van der Waals surface area (Å²) in [6.07, 6.45) is -2.27. The van der Waals surface area contributed by atoms with Crippen LogP contribution in [0.1, 0.15) is 41.1 Å². The molecule has 1 unspecified atom stereocenters. The van der Waals surface area contributed by atoms with E-state index in [1.54, 1.807) is 18.2 Å². The summed E-state index contributed by atoms with van der Waals surface area (Å²) >= 11 is 5.73. The molecular formula is C17H14ClF3N2O3. The number of cyclic esters (lactones) is 1. The minimum atomic E-state index is -4.22. The minimum Gasteiger partial charge on any atom is -0.461 e. The number of nitrogens with zero attached hydrogens (tertiary/aromatic N) is 2. The van der Waals surface area contributed by atoms with Gasteiger partial charge in [0.05, 0.1) is 29.6 Å². The Morgan fingerprint density at radius 2 is 2.00 bits per heavy atom. The van der Waals surface area contributed by atoms with Crippen LogP contribution >= 0.6 is 11.6 Å². The van der Waals surface area contributed by atoms with E-state index in [4.69, 9.17) is 21.1 Å². The molecular weight excluding hydrogens is 373 g/mol. The monoisotopic (exact) mass is 386 g/mol. The molecule has 0 amide bonds. The van der Waals surface area contributed by atoms with Gasteiger partial charge in [-0.1, -0.05) is 17.7 Å². The van der Waals surface area contributed by atoms with E-state index in [9.17, 15) is 18.0 Å². The van der Waals surface area contributed by atoms with Crippen molar-refractivity contribution in [3.05, 3.63) is 46.7 Å². The van der Waals surface area contributed by atoms with Crippen molar-refractivity contribution < 1.29 is 27.4 Å². The molecule has 3 rings (SSSR count). The van der Waals surface area contributed by atoms with Gasteiger partial charge in [-0.15, -0.1) is 0 Å². The molecule has 0 N–H and O–H groups in total. The van der Waals surface area contributed by atoms with Crippen LogP contribution in [0, 0.1) is 0 Å². The highest BCUT2D eigenvalue weighted by Crippen LogP contribution is 2.39. The number of rotatable bonds is 5. The zero-order valence-electron chi connectivity index (χ0n) is 13.4. The molecule has 0 radical (unpaired) electrons. The zero-order valence-corrected chi connectivity index (χ0v) is 14.2. The highest BCUT2D eigenvalue weighted by Gasteiger charge is 2.32. The van der Waals surface area contributed by atoms with E-state index in [1.807, 2.05) is 0 Å². The molecule has 2 heterocycles. The largest absolute Gasteiger partial charge is 0.461 e. The Balaban J connectivity index is 1.86. The van der Waals surface area contributed by atoms with Crippen molar-refractivity contribution in [2.75, 3.05) is 6.61 Å². The van der Waals surface area contributed by atoms with Gasteiger partial charge >= 0.3 is 18.2 Å². The Labute approximate surface area is 152 Å². The molecule has 2 aromatic rings. The second-order valence-electron chi connectivity index (χ2n) is 5.81. The molecule has 9 heteroatoms. The van der Waals surface area contributed by atoms with Gasteiger partial charge < -0.3 is 9.47 Å². The Kier molecular flexibility index (Phi) is 5.31. The summed E-state index contributed by atoms with van der Waals surface area (Å²) in [5.74, 6) is -0.610. The van der Waals surface area contributed by atoms with E-state index >= 15 is 0 Å². The molecule has 1 aliphatic rings. The molecule has 0 aliphatic carbocycles. The SMILES string of the molecule is O=C1OCC(CCCC(F)(F)F)c2c(Oc3ncc(Cl)cn3)cccc21. The van der Waals surface area contributed by atoms with Crippen LogP contribution in [0.3, 0.4) is 0 Å². The van der Waals surface area contributed by atoms with Gasteiger partial charge in [-0.05, 0) is 25.0 Å². The van der Waals surface area contributed by atoms with Gasteiger partial charge in [0.15, 0.2) is 0 Å².